The number of aldehydes is 2. The van der Waals surface area contributed by atoms with E-state index in [9.17, 15) is 9.59 Å². The zero-order chi connectivity index (χ0) is 32.2. The molecule has 0 N–H and O–H groups in total. The van der Waals surface area contributed by atoms with Gasteiger partial charge in [-0.1, -0.05) is 156 Å². The summed E-state index contributed by atoms with van der Waals surface area (Å²) < 4.78 is 0. The van der Waals surface area contributed by atoms with Gasteiger partial charge >= 0.3 is 0 Å². The summed E-state index contributed by atoms with van der Waals surface area (Å²) in [6.07, 6.45) is 1.89. The van der Waals surface area contributed by atoms with Crippen LogP contribution in [0.1, 0.15) is 43.0 Å². The monoisotopic (exact) mass is 634 g/mol. The molecule has 6 aromatic rings. The van der Waals surface area contributed by atoms with Crippen molar-refractivity contribution in [2.45, 2.75) is 27.7 Å². The van der Waals surface area contributed by atoms with Gasteiger partial charge in [-0.3, -0.25) is 9.59 Å². The molecule has 0 fully saturated rings. The fourth-order valence-corrected chi connectivity index (χ4v) is 10.8. The number of hydrogen-bond donors (Lipinski definition) is 0. The molecule has 0 aromatic heterocycles. The van der Waals surface area contributed by atoms with Crippen molar-refractivity contribution in [3.63, 3.8) is 0 Å². The van der Waals surface area contributed by atoms with Gasteiger partial charge < -0.3 is 0 Å². The van der Waals surface area contributed by atoms with E-state index in [-0.39, 0.29) is 0 Å². The van der Waals surface area contributed by atoms with Gasteiger partial charge in [-0.2, -0.15) is 0 Å². The number of rotatable bonds is 9. The highest BCUT2D eigenvalue weighted by Crippen LogP contribution is 2.43. The minimum atomic E-state index is -1.07. The summed E-state index contributed by atoms with van der Waals surface area (Å²) in [7, 11) is -2.14. The van der Waals surface area contributed by atoms with Crippen LogP contribution in [0.5, 0.6) is 0 Å². The van der Waals surface area contributed by atoms with Gasteiger partial charge in [-0.25, -0.2) is 0 Å². The Balaban J connectivity index is 1.70. The summed E-state index contributed by atoms with van der Waals surface area (Å²) in [6.45, 7) is 8.39. The third-order valence-electron chi connectivity index (χ3n) is 8.30. The standard InChI is InChI=1S/C42H36O2P2/c1-29-11-19-35(20-12-29)45(36-21-13-30(2)14-22-36)39-9-5-7-33(27-43)41(39)42-34(28-44)8-6-10-40(42)46(37-23-15-31(3)16-24-37)38-25-17-32(4)18-26-38/h5-28H,1-4H3. The number of benzene rings is 6. The minimum absolute atomic E-state index is 0.586. The van der Waals surface area contributed by atoms with Crippen LogP contribution in [0.3, 0.4) is 0 Å². The largest absolute Gasteiger partial charge is 0.298 e. The van der Waals surface area contributed by atoms with Gasteiger partial charge in [0.1, 0.15) is 0 Å². The summed E-state index contributed by atoms with van der Waals surface area (Å²) in [4.78, 5) is 25.9. The van der Waals surface area contributed by atoms with Gasteiger partial charge in [-0.15, -0.1) is 0 Å². The normalized spacial score (nSPS) is 11.2. The molecule has 6 rings (SSSR count). The molecule has 0 saturated carbocycles. The molecule has 0 aliphatic heterocycles. The SMILES string of the molecule is Cc1ccc(P(c2ccc(C)cc2)c2cccc(C=O)c2-c2c(C=O)cccc2P(c2ccc(C)cc2)c2ccc(C)cc2)cc1. The maximum absolute atomic E-state index is 13.0. The Hall–Kier alpha value is -4.48. The Morgan fingerprint density at radius 2 is 0.630 bits per heavy atom. The van der Waals surface area contributed by atoms with Crippen molar-refractivity contribution in [2.24, 2.45) is 0 Å². The molecule has 0 atom stereocenters. The number of carbonyl (C=O) groups is 2. The van der Waals surface area contributed by atoms with Gasteiger partial charge in [0.05, 0.1) is 0 Å². The molecular formula is C42H36O2P2. The van der Waals surface area contributed by atoms with Gasteiger partial charge in [-0.05, 0) is 75.4 Å². The van der Waals surface area contributed by atoms with Crippen LogP contribution < -0.4 is 31.8 Å². The smallest absolute Gasteiger partial charge is 0.150 e. The fourth-order valence-electron chi connectivity index (χ4n) is 5.86. The lowest BCUT2D eigenvalue weighted by atomic mass is 9.96. The summed E-state index contributed by atoms with van der Waals surface area (Å²) in [5.74, 6) is 0. The highest BCUT2D eigenvalue weighted by Gasteiger charge is 2.28. The zero-order valence-corrected chi connectivity index (χ0v) is 28.4. The Kier molecular flexibility index (Phi) is 9.51. The van der Waals surface area contributed by atoms with Crippen LogP contribution in [0.4, 0.5) is 0 Å². The second-order valence-electron chi connectivity index (χ2n) is 11.7. The second-order valence-corrected chi connectivity index (χ2v) is 16.1. The summed E-state index contributed by atoms with van der Waals surface area (Å²) >= 11 is 0. The average Bonchev–Trinajstić information content (AvgIpc) is 3.08. The van der Waals surface area contributed by atoms with E-state index in [0.29, 0.717) is 11.1 Å². The number of aryl methyl sites for hydroxylation is 4. The molecule has 0 amide bonds. The first kappa shape index (κ1) is 31.5. The molecule has 46 heavy (non-hydrogen) atoms. The van der Waals surface area contributed by atoms with E-state index >= 15 is 0 Å². The van der Waals surface area contributed by atoms with E-state index in [0.717, 1.165) is 34.3 Å². The van der Waals surface area contributed by atoms with Crippen molar-refractivity contribution in [1.29, 1.82) is 0 Å². The van der Waals surface area contributed by atoms with Gasteiger partial charge in [0.15, 0.2) is 12.6 Å². The summed E-state index contributed by atoms with van der Waals surface area (Å²) in [6, 6.07) is 46.9. The van der Waals surface area contributed by atoms with Crippen molar-refractivity contribution in [3.05, 3.63) is 167 Å². The maximum Gasteiger partial charge on any atom is 0.150 e. The van der Waals surface area contributed by atoms with Crippen molar-refractivity contribution in [2.75, 3.05) is 0 Å². The van der Waals surface area contributed by atoms with E-state index in [1.54, 1.807) is 0 Å². The van der Waals surface area contributed by atoms with Crippen LogP contribution in [0.15, 0.2) is 133 Å². The van der Waals surface area contributed by atoms with E-state index in [2.05, 4.69) is 137 Å². The first-order valence-electron chi connectivity index (χ1n) is 15.4. The predicted molar refractivity (Wildman–Crippen MR) is 199 cm³/mol. The second kappa shape index (κ2) is 13.9. The van der Waals surface area contributed by atoms with Crippen LogP contribution in [0.2, 0.25) is 0 Å². The molecule has 0 spiro atoms. The lowest BCUT2D eigenvalue weighted by Gasteiger charge is -2.28. The zero-order valence-electron chi connectivity index (χ0n) is 26.6. The van der Waals surface area contributed by atoms with Gasteiger partial charge in [0.2, 0.25) is 0 Å². The molecule has 226 valence electrons. The number of carbonyl (C=O) groups excluding carboxylic acids is 2. The molecule has 0 radical (unpaired) electrons. The predicted octanol–water partition coefficient (Wildman–Crippen LogP) is 7.73. The van der Waals surface area contributed by atoms with Crippen LogP contribution in [0, 0.1) is 27.7 Å². The molecule has 4 heteroatoms. The third kappa shape index (κ3) is 6.43. The van der Waals surface area contributed by atoms with Crippen LogP contribution >= 0.6 is 15.8 Å². The maximum atomic E-state index is 13.0. The molecule has 0 aliphatic rings. The Morgan fingerprint density at radius 1 is 0.370 bits per heavy atom. The molecule has 0 unspecified atom stereocenters. The highest BCUT2D eigenvalue weighted by molar-refractivity contribution is 7.80. The Morgan fingerprint density at radius 3 is 0.870 bits per heavy atom. The minimum Gasteiger partial charge on any atom is -0.298 e. The molecule has 0 saturated heterocycles. The quantitative estimate of drug-likeness (QED) is 0.121. The molecular weight excluding hydrogens is 598 g/mol. The third-order valence-corrected chi connectivity index (χ3v) is 13.3. The molecule has 6 aromatic carbocycles. The van der Waals surface area contributed by atoms with E-state index in [1.807, 2.05) is 24.3 Å². The fraction of sp³-hybridized carbons (Fsp3) is 0.0952. The molecule has 0 heterocycles. The van der Waals surface area contributed by atoms with Gasteiger partial charge in [0, 0.05) is 22.3 Å². The van der Waals surface area contributed by atoms with Gasteiger partial charge in [0.25, 0.3) is 0 Å². The Bertz CT molecular complexity index is 1750. The van der Waals surface area contributed by atoms with Crippen molar-refractivity contribution in [1.82, 2.24) is 0 Å². The summed E-state index contributed by atoms with van der Waals surface area (Å²) in [5, 5.41) is 6.89. The Labute approximate surface area is 274 Å². The van der Waals surface area contributed by atoms with Crippen molar-refractivity contribution in [3.8, 4) is 11.1 Å². The van der Waals surface area contributed by atoms with Crippen LogP contribution in [-0.4, -0.2) is 12.6 Å². The molecule has 0 aliphatic carbocycles. The summed E-state index contributed by atoms with van der Waals surface area (Å²) in [5.41, 5.74) is 7.63. The topological polar surface area (TPSA) is 34.1 Å². The van der Waals surface area contributed by atoms with Crippen LogP contribution in [-0.2, 0) is 0 Å². The van der Waals surface area contributed by atoms with Crippen molar-refractivity contribution < 1.29 is 9.59 Å². The van der Waals surface area contributed by atoms with Crippen LogP contribution in [0.25, 0.3) is 11.1 Å². The van der Waals surface area contributed by atoms with Crippen molar-refractivity contribution >= 4 is 60.2 Å². The van der Waals surface area contributed by atoms with E-state index < -0.39 is 15.8 Å². The number of hydrogen-bond acceptors (Lipinski definition) is 2. The van der Waals surface area contributed by atoms with E-state index in [1.165, 1.54) is 43.5 Å². The first-order chi connectivity index (χ1) is 22.4. The molecule has 0 bridgehead atoms. The van der Waals surface area contributed by atoms with E-state index in [4.69, 9.17) is 0 Å². The lowest BCUT2D eigenvalue weighted by molar-refractivity contribution is 0.111. The first-order valence-corrected chi connectivity index (χ1v) is 18.1. The average molecular weight is 635 g/mol. The molecule has 2 nitrogen and oxygen atoms in total. The highest BCUT2D eigenvalue weighted by atomic mass is 31.1. The lowest BCUT2D eigenvalue weighted by Crippen LogP contribution is -2.27.